The lowest BCUT2D eigenvalue weighted by atomic mass is 10.2. The van der Waals surface area contributed by atoms with Gasteiger partial charge in [0.05, 0.1) is 35.4 Å². The SMILES string of the molecule is COc1ccc(S(=O)(=O)N(CC(=O)Nc2cc([N+](=O)[O-])ccc2OC)c2ccc(C)cc2)cc1. The van der Waals surface area contributed by atoms with E-state index in [0.717, 1.165) is 15.9 Å². The minimum absolute atomic E-state index is 0.0328. The van der Waals surface area contributed by atoms with E-state index in [1.165, 1.54) is 50.6 Å². The van der Waals surface area contributed by atoms with Crippen molar-refractivity contribution < 1.29 is 27.6 Å². The van der Waals surface area contributed by atoms with Gasteiger partial charge in [0.1, 0.15) is 18.0 Å². The zero-order valence-electron chi connectivity index (χ0n) is 18.7. The van der Waals surface area contributed by atoms with Crippen molar-refractivity contribution in [2.75, 3.05) is 30.4 Å². The molecule has 10 nitrogen and oxygen atoms in total. The maximum atomic E-state index is 13.5. The predicted octanol–water partition coefficient (Wildman–Crippen LogP) is 3.75. The van der Waals surface area contributed by atoms with Crippen LogP contribution < -0.4 is 19.1 Å². The van der Waals surface area contributed by atoms with Crippen LogP contribution in [0.3, 0.4) is 0 Å². The Morgan fingerprint density at radius 2 is 1.65 bits per heavy atom. The number of non-ortho nitro benzene ring substituents is 1. The van der Waals surface area contributed by atoms with Crippen molar-refractivity contribution in [3.8, 4) is 11.5 Å². The van der Waals surface area contributed by atoms with E-state index in [2.05, 4.69) is 5.32 Å². The summed E-state index contributed by atoms with van der Waals surface area (Å²) >= 11 is 0. The lowest BCUT2D eigenvalue weighted by Gasteiger charge is -2.24. The Morgan fingerprint density at radius 1 is 1.00 bits per heavy atom. The molecule has 0 bridgehead atoms. The fraction of sp³-hybridized carbons (Fsp3) is 0.174. The standard InChI is InChI=1S/C23H23N3O7S/c1-16-4-6-17(7-5-16)25(34(30,31)20-11-9-19(32-2)10-12-20)15-23(27)24-21-14-18(26(28)29)8-13-22(21)33-3/h4-14H,15H2,1-3H3,(H,24,27). The molecule has 3 aromatic carbocycles. The van der Waals surface area contributed by atoms with Gasteiger partial charge in [-0.1, -0.05) is 17.7 Å². The number of methoxy groups -OCH3 is 2. The molecule has 0 aromatic heterocycles. The van der Waals surface area contributed by atoms with E-state index in [1.54, 1.807) is 24.3 Å². The quantitative estimate of drug-likeness (QED) is 0.361. The third kappa shape index (κ3) is 5.44. The first-order chi connectivity index (χ1) is 16.1. The van der Waals surface area contributed by atoms with Gasteiger partial charge in [0, 0.05) is 12.1 Å². The highest BCUT2D eigenvalue weighted by Crippen LogP contribution is 2.30. The van der Waals surface area contributed by atoms with Gasteiger partial charge < -0.3 is 14.8 Å². The topological polar surface area (TPSA) is 128 Å². The molecule has 0 atom stereocenters. The monoisotopic (exact) mass is 485 g/mol. The number of nitrogens with one attached hydrogen (secondary N) is 1. The zero-order valence-corrected chi connectivity index (χ0v) is 19.5. The third-order valence-corrected chi connectivity index (χ3v) is 6.71. The molecule has 0 aliphatic rings. The summed E-state index contributed by atoms with van der Waals surface area (Å²) in [6.45, 7) is 1.27. The van der Waals surface area contributed by atoms with E-state index in [0.29, 0.717) is 5.75 Å². The molecule has 0 radical (unpaired) electrons. The number of ether oxygens (including phenoxy) is 2. The zero-order chi connectivity index (χ0) is 24.9. The average molecular weight is 486 g/mol. The van der Waals surface area contributed by atoms with E-state index in [9.17, 15) is 23.3 Å². The molecule has 3 rings (SSSR count). The van der Waals surface area contributed by atoms with Crippen LogP contribution in [0.25, 0.3) is 0 Å². The number of nitrogens with zero attached hydrogens (tertiary/aromatic N) is 2. The van der Waals surface area contributed by atoms with Crippen LogP contribution in [0.1, 0.15) is 5.56 Å². The van der Waals surface area contributed by atoms with Gasteiger partial charge in [0.2, 0.25) is 5.91 Å². The van der Waals surface area contributed by atoms with Crippen LogP contribution in [0.15, 0.2) is 71.6 Å². The summed E-state index contributed by atoms with van der Waals surface area (Å²) in [5.74, 6) is -0.0355. The van der Waals surface area contributed by atoms with Crippen molar-refractivity contribution in [1.29, 1.82) is 0 Å². The lowest BCUT2D eigenvalue weighted by Crippen LogP contribution is -2.38. The van der Waals surface area contributed by atoms with Crippen molar-refractivity contribution in [3.05, 3.63) is 82.4 Å². The van der Waals surface area contributed by atoms with Crippen LogP contribution in [0, 0.1) is 17.0 Å². The van der Waals surface area contributed by atoms with Crippen LogP contribution in [-0.4, -0.2) is 40.0 Å². The second kappa shape index (κ2) is 10.2. The molecule has 0 fully saturated rings. The minimum atomic E-state index is -4.14. The van der Waals surface area contributed by atoms with E-state index in [1.807, 2.05) is 6.92 Å². The highest BCUT2D eigenvalue weighted by Gasteiger charge is 2.28. The van der Waals surface area contributed by atoms with Gasteiger partial charge in [-0.3, -0.25) is 19.2 Å². The molecule has 0 aliphatic heterocycles. The maximum Gasteiger partial charge on any atom is 0.271 e. The largest absolute Gasteiger partial charge is 0.497 e. The Bertz CT molecular complexity index is 1290. The number of amides is 1. The van der Waals surface area contributed by atoms with Crippen LogP contribution in [0.4, 0.5) is 17.1 Å². The van der Waals surface area contributed by atoms with Crippen molar-refractivity contribution in [1.82, 2.24) is 0 Å². The molecule has 11 heteroatoms. The summed E-state index contributed by atoms with van der Waals surface area (Å²) in [6.07, 6.45) is 0. The molecule has 0 saturated carbocycles. The average Bonchev–Trinajstić information content (AvgIpc) is 2.83. The van der Waals surface area contributed by atoms with Gasteiger partial charge in [-0.25, -0.2) is 8.42 Å². The summed E-state index contributed by atoms with van der Waals surface area (Å²) in [7, 11) is -1.32. The Kier molecular flexibility index (Phi) is 7.37. The Balaban J connectivity index is 1.96. The predicted molar refractivity (Wildman–Crippen MR) is 127 cm³/mol. The maximum absolute atomic E-state index is 13.5. The number of nitro groups is 1. The third-order valence-electron chi connectivity index (χ3n) is 4.92. The molecular formula is C23H23N3O7S. The molecule has 178 valence electrons. The van der Waals surface area contributed by atoms with Gasteiger partial charge in [-0.15, -0.1) is 0 Å². The first kappa shape index (κ1) is 24.5. The van der Waals surface area contributed by atoms with Gasteiger partial charge in [-0.05, 0) is 49.4 Å². The summed E-state index contributed by atoms with van der Waals surface area (Å²) in [4.78, 5) is 23.4. The van der Waals surface area contributed by atoms with E-state index >= 15 is 0 Å². The minimum Gasteiger partial charge on any atom is -0.497 e. The number of sulfonamides is 1. The van der Waals surface area contributed by atoms with Crippen LogP contribution >= 0.6 is 0 Å². The molecule has 1 N–H and O–H groups in total. The number of nitro benzene ring substituents is 1. The Labute approximate surface area is 196 Å². The number of carbonyl (C=O) groups excluding carboxylic acids is 1. The molecule has 3 aromatic rings. The highest BCUT2D eigenvalue weighted by atomic mass is 32.2. The molecule has 1 amide bonds. The summed E-state index contributed by atoms with van der Waals surface area (Å²) < 4.78 is 38.1. The van der Waals surface area contributed by atoms with Crippen LogP contribution in [0.2, 0.25) is 0 Å². The first-order valence-electron chi connectivity index (χ1n) is 10.0. The van der Waals surface area contributed by atoms with Crippen molar-refractivity contribution in [3.63, 3.8) is 0 Å². The van der Waals surface area contributed by atoms with Crippen LogP contribution in [0.5, 0.6) is 11.5 Å². The molecular weight excluding hydrogens is 462 g/mol. The normalized spacial score (nSPS) is 10.9. The molecule has 34 heavy (non-hydrogen) atoms. The Morgan fingerprint density at radius 3 is 2.21 bits per heavy atom. The van der Waals surface area contributed by atoms with E-state index in [-0.39, 0.29) is 27.7 Å². The number of hydrogen-bond acceptors (Lipinski definition) is 7. The fourth-order valence-corrected chi connectivity index (χ4v) is 4.55. The molecule has 0 aliphatic carbocycles. The molecule has 0 saturated heterocycles. The molecule has 0 spiro atoms. The molecule has 0 heterocycles. The number of anilines is 2. The number of carbonyl (C=O) groups is 1. The lowest BCUT2D eigenvalue weighted by molar-refractivity contribution is -0.384. The van der Waals surface area contributed by atoms with Crippen molar-refractivity contribution in [2.45, 2.75) is 11.8 Å². The smallest absolute Gasteiger partial charge is 0.271 e. The highest BCUT2D eigenvalue weighted by molar-refractivity contribution is 7.92. The van der Waals surface area contributed by atoms with Crippen molar-refractivity contribution >= 4 is 33.0 Å². The fourth-order valence-electron chi connectivity index (χ4n) is 3.13. The summed E-state index contributed by atoms with van der Waals surface area (Å²) in [6, 6.07) is 16.2. The summed E-state index contributed by atoms with van der Waals surface area (Å²) in [5.41, 5.74) is 0.989. The van der Waals surface area contributed by atoms with Crippen molar-refractivity contribution in [2.24, 2.45) is 0 Å². The number of benzene rings is 3. The molecule has 0 unspecified atom stereocenters. The van der Waals surface area contributed by atoms with Gasteiger partial charge in [0.25, 0.3) is 15.7 Å². The first-order valence-corrected chi connectivity index (χ1v) is 11.5. The summed E-state index contributed by atoms with van der Waals surface area (Å²) in [5, 5.41) is 13.6. The van der Waals surface area contributed by atoms with Gasteiger partial charge >= 0.3 is 0 Å². The number of rotatable bonds is 9. The van der Waals surface area contributed by atoms with Gasteiger partial charge in [0.15, 0.2) is 0 Å². The number of aryl methyl sites for hydroxylation is 1. The van der Waals surface area contributed by atoms with E-state index < -0.39 is 27.4 Å². The van der Waals surface area contributed by atoms with Crippen LogP contribution in [-0.2, 0) is 14.8 Å². The Hall–Kier alpha value is -4.12. The van der Waals surface area contributed by atoms with Gasteiger partial charge in [-0.2, -0.15) is 0 Å². The second-order valence-electron chi connectivity index (χ2n) is 7.21. The van der Waals surface area contributed by atoms with E-state index in [4.69, 9.17) is 9.47 Å². The number of hydrogen-bond donors (Lipinski definition) is 1. The second-order valence-corrected chi connectivity index (χ2v) is 9.07.